The summed E-state index contributed by atoms with van der Waals surface area (Å²) in [6.45, 7) is 16.6. The molecule has 0 aromatic heterocycles. The van der Waals surface area contributed by atoms with E-state index in [1.165, 1.54) is 44.9 Å². The molecule has 0 aromatic carbocycles. The van der Waals surface area contributed by atoms with Gasteiger partial charge in [0.15, 0.2) is 0 Å². The molecule has 41 heavy (non-hydrogen) atoms. The summed E-state index contributed by atoms with van der Waals surface area (Å²) in [4.78, 5) is 17.7. The first-order chi connectivity index (χ1) is 19.6. The Bertz CT molecular complexity index is 1030. The third kappa shape index (κ3) is 4.77. The van der Waals surface area contributed by atoms with Gasteiger partial charge in [-0.15, -0.1) is 0 Å². The van der Waals surface area contributed by atoms with Crippen molar-refractivity contribution >= 4 is 5.91 Å². The van der Waals surface area contributed by atoms with E-state index >= 15 is 0 Å². The van der Waals surface area contributed by atoms with Crippen LogP contribution < -0.4 is 10.6 Å². The normalized spacial score (nSPS) is 50.0. The Kier molecular flexibility index (Phi) is 7.44. The number of carbonyl (C=O) groups is 1. The monoisotopic (exact) mass is 566 g/mol. The van der Waals surface area contributed by atoms with E-state index in [1.807, 2.05) is 0 Å². The van der Waals surface area contributed by atoms with Crippen LogP contribution in [0.15, 0.2) is 11.6 Å². The molecule has 0 aromatic rings. The number of hydrogen-bond acceptors (Lipinski definition) is 5. The Morgan fingerprint density at radius 3 is 2.63 bits per heavy atom. The van der Waals surface area contributed by atoms with Crippen LogP contribution in [0.4, 0.5) is 0 Å². The molecule has 7 rings (SSSR count). The molecule has 3 heterocycles. The number of ether oxygens (including phenoxy) is 1. The maximum Gasteiger partial charge on any atom is 0.221 e. The fourth-order valence-electron chi connectivity index (χ4n) is 11.6. The fraction of sp³-hybridized carbons (Fsp3) is 0.914. The summed E-state index contributed by atoms with van der Waals surface area (Å²) in [6.07, 6.45) is 14.9. The number of likely N-dealkylation sites (N-methyl/N-ethyl adjacent to an activating group) is 1. The highest BCUT2D eigenvalue weighted by atomic mass is 16.5. The predicted molar refractivity (Wildman–Crippen MR) is 164 cm³/mol. The molecule has 2 N–H and O–H groups in total. The summed E-state index contributed by atoms with van der Waals surface area (Å²) in [5.74, 6) is 4.72. The Morgan fingerprint density at radius 2 is 1.88 bits per heavy atom. The van der Waals surface area contributed by atoms with Crippen LogP contribution in [0.3, 0.4) is 0 Å². The van der Waals surface area contributed by atoms with Crippen molar-refractivity contribution in [3.8, 4) is 0 Å². The molecular formula is C35H58N4O2. The van der Waals surface area contributed by atoms with E-state index in [1.54, 1.807) is 5.57 Å². The highest BCUT2D eigenvalue weighted by molar-refractivity contribution is 5.76. The zero-order valence-corrected chi connectivity index (χ0v) is 26.7. The third-order valence-electron chi connectivity index (χ3n) is 14.2. The van der Waals surface area contributed by atoms with Crippen molar-refractivity contribution < 1.29 is 9.53 Å². The van der Waals surface area contributed by atoms with Gasteiger partial charge in [-0.2, -0.15) is 0 Å². The van der Waals surface area contributed by atoms with Crippen LogP contribution >= 0.6 is 0 Å². The van der Waals surface area contributed by atoms with Crippen LogP contribution in [0.5, 0.6) is 0 Å². The highest BCUT2D eigenvalue weighted by Gasteiger charge is 2.68. The van der Waals surface area contributed by atoms with Gasteiger partial charge in [0, 0.05) is 57.6 Å². The Balaban J connectivity index is 0.988. The van der Waals surface area contributed by atoms with E-state index in [4.69, 9.17) is 4.74 Å². The smallest absolute Gasteiger partial charge is 0.221 e. The maximum atomic E-state index is 12.9. The Hall–Kier alpha value is -0.950. The summed E-state index contributed by atoms with van der Waals surface area (Å²) < 4.78 is 7.09. The predicted octanol–water partition coefficient (Wildman–Crippen LogP) is 5.05. The molecular weight excluding hydrogens is 508 g/mol. The van der Waals surface area contributed by atoms with Crippen molar-refractivity contribution in [3.63, 3.8) is 0 Å². The lowest BCUT2D eigenvalue weighted by atomic mass is 9.46. The van der Waals surface area contributed by atoms with Gasteiger partial charge in [0.25, 0.3) is 0 Å². The zero-order chi connectivity index (χ0) is 28.6. The van der Waals surface area contributed by atoms with Crippen LogP contribution in [-0.2, 0) is 9.53 Å². The molecule has 1 spiro atoms. The minimum Gasteiger partial charge on any atom is -0.357 e. The standard InChI is InChI=1S/C35H58N4O2/c1-23-8-14-35(36-22-23)24(2)32-30(41-35)21-29-27-7-6-25-20-26(9-12-33(25,3)28(27)10-13-34(29,32)4)37-31(40)11-15-39-18-16-38(5)17-19-39/h6,23-24,26-30,32,36H,7-22H2,1-5H3,(H,37,40)/t23-,24+,26?,27-,28+,29+,30+,32+,33+,34+,35-/m1/s1. The first-order valence-corrected chi connectivity index (χ1v) is 17.4. The lowest BCUT2D eigenvalue weighted by Crippen LogP contribution is -2.57. The topological polar surface area (TPSA) is 56.8 Å². The lowest BCUT2D eigenvalue weighted by molar-refractivity contribution is -0.122. The average Bonchev–Trinajstić information content (AvgIpc) is 3.40. The van der Waals surface area contributed by atoms with Crippen molar-refractivity contribution in [2.75, 3.05) is 46.3 Å². The highest BCUT2D eigenvalue weighted by Crippen LogP contribution is 2.70. The molecule has 6 fully saturated rings. The van der Waals surface area contributed by atoms with Crippen molar-refractivity contribution in [3.05, 3.63) is 11.6 Å². The largest absolute Gasteiger partial charge is 0.357 e. The fourth-order valence-corrected chi connectivity index (χ4v) is 11.6. The first-order valence-electron chi connectivity index (χ1n) is 17.4. The van der Waals surface area contributed by atoms with E-state index in [9.17, 15) is 4.79 Å². The summed E-state index contributed by atoms with van der Waals surface area (Å²) >= 11 is 0. The van der Waals surface area contributed by atoms with Crippen LogP contribution in [0, 0.1) is 46.3 Å². The van der Waals surface area contributed by atoms with Gasteiger partial charge in [-0.3, -0.25) is 10.1 Å². The minimum absolute atomic E-state index is 0.0639. The molecule has 3 aliphatic heterocycles. The number of amides is 1. The zero-order valence-electron chi connectivity index (χ0n) is 26.7. The number of hydrogen-bond donors (Lipinski definition) is 2. The van der Waals surface area contributed by atoms with Crippen molar-refractivity contribution in [1.82, 2.24) is 20.4 Å². The molecule has 6 heteroatoms. The number of carbonyl (C=O) groups excluding carboxylic acids is 1. The van der Waals surface area contributed by atoms with Gasteiger partial charge in [-0.25, -0.2) is 0 Å². The molecule has 1 unspecified atom stereocenters. The molecule has 1 amide bonds. The number of piperidine rings is 1. The van der Waals surface area contributed by atoms with Gasteiger partial charge in [-0.1, -0.05) is 39.3 Å². The van der Waals surface area contributed by atoms with E-state index in [0.717, 1.165) is 75.8 Å². The number of fused-ring (bicyclic) bond motifs is 7. The molecule has 0 bridgehead atoms. The van der Waals surface area contributed by atoms with Gasteiger partial charge < -0.3 is 19.9 Å². The molecule has 3 saturated heterocycles. The Morgan fingerprint density at radius 1 is 1.07 bits per heavy atom. The summed E-state index contributed by atoms with van der Waals surface area (Å²) in [6, 6.07) is 0.321. The van der Waals surface area contributed by atoms with E-state index < -0.39 is 0 Å². The lowest BCUT2D eigenvalue weighted by Gasteiger charge is -2.58. The summed E-state index contributed by atoms with van der Waals surface area (Å²) in [5, 5.41) is 7.37. The molecule has 11 atom stereocenters. The molecule has 7 aliphatic rings. The van der Waals surface area contributed by atoms with Crippen molar-refractivity contribution in [2.45, 2.75) is 110 Å². The van der Waals surface area contributed by atoms with Crippen LogP contribution in [0.2, 0.25) is 0 Å². The van der Waals surface area contributed by atoms with E-state index in [-0.39, 0.29) is 11.6 Å². The average molecular weight is 567 g/mol. The second-order valence-corrected chi connectivity index (χ2v) is 16.3. The summed E-state index contributed by atoms with van der Waals surface area (Å²) in [7, 11) is 2.19. The number of nitrogens with zero attached hydrogens (tertiary/aromatic N) is 2. The third-order valence-corrected chi connectivity index (χ3v) is 14.2. The van der Waals surface area contributed by atoms with Gasteiger partial charge in [0.1, 0.15) is 5.72 Å². The first kappa shape index (κ1) is 28.8. The molecule has 230 valence electrons. The van der Waals surface area contributed by atoms with Crippen LogP contribution in [0.1, 0.15) is 91.9 Å². The SMILES string of the molecule is C[C@@H]1CC[C@@]2(NC1)O[C@H]1C[C@H]3[C@@H]4CC=C5CC(NC(=O)CCN6CCN(C)CC6)CC[C@]5(C)[C@H]4CC[C@]3(C)[C@H]1[C@@H]2C. The van der Waals surface area contributed by atoms with Gasteiger partial charge in [-0.05, 0) is 105 Å². The van der Waals surface area contributed by atoms with Crippen LogP contribution in [-0.4, -0.2) is 79.9 Å². The molecule has 0 radical (unpaired) electrons. The van der Waals surface area contributed by atoms with Gasteiger partial charge >= 0.3 is 0 Å². The van der Waals surface area contributed by atoms with Crippen molar-refractivity contribution in [2.24, 2.45) is 46.3 Å². The second-order valence-electron chi connectivity index (χ2n) is 16.3. The minimum atomic E-state index is -0.0639. The van der Waals surface area contributed by atoms with Gasteiger partial charge in [0.2, 0.25) is 5.91 Å². The number of allylic oxidation sites excluding steroid dienone is 1. The van der Waals surface area contributed by atoms with E-state index in [0.29, 0.717) is 41.2 Å². The maximum absolute atomic E-state index is 12.9. The number of rotatable bonds is 4. The molecule has 6 nitrogen and oxygen atoms in total. The Labute approximate surface area is 249 Å². The van der Waals surface area contributed by atoms with Crippen LogP contribution in [0.25, 0.3) is 0 Å². The second kappa shape index (κ2) is 10.6. The molecule has 4 aliphatic carbocycles. The number of piperazine rings is 1. The number of nitrogens with one attached hydrogen (secondary N) is 2. The summed E-state index contributed by atoms with van der Waals surface area (Å²) in [5.41, 5.74) is 2.33. The van der Waals surface area contributed by atoms with Gasteiger partial charge in [0.05, 0.1) is 6.10 Å². The quantitative estimate of drug-likeness (QED) is 0.467. The van der Waals surface area contributed by atoms with E-state index in [2.05, 4.69) is 61.3 Å². The van der Waals surface area contributed by atoms with Crippen molar-refractivity contribution in [1.29, 1.82) is 0 Å². The molecule has 3 saturated carbocycles.